The second-order valence-corrected chi connectivity index (χ2v) is 25.1. The van der Waals surface area contributed by atoms with Gasteiger partial charge in [0.25, 0.3) is 0 Å². The van der Waals surface area contributed by atoms with Gasteiger partial charge in [-0.3, -0.25) is 0 Å². The minimum atomic E-state index is 0.448. The molecule has 19 atom stereocenters. The van der Waals surface area contributed by atoms with Gasteiger partial charge in [-0.2, -0.15) is 0 Å². The summed E-state index contributed by atoms with van der Waals surface area (Å²) in [7, 11) is 0. The van der Waals surface area contributed by atoms with Crippen LogP contribution in [0, 0.1) is 118 Å². The molecule has 4 aliphatic rings. The third-order valence-electron chi connectivity index (χ3n) is 17.9. The topological polar surface area (TPSA) is 36.9 Å². The lowest BCUT2D eigenvalue weighted by atomic mass is 9.68. The average molecular weight is 892 g/mol. The SMILES string of the molecule is CC(C)C1OC(C(C)C)C(C)C(C)C1C.CCC1OC(C(C)C)C(C(C)C)C(C)C1C.CCC1OC(C(C)C)C(C)C(C(C)C)C1C.CCC1OC(C(C)C)C(C)C(C)C1C(C)C. The van der Waals surface area contributed by atoms with E-state index >= 15 is 0 Å². The number of hydrogen-bond acceptors (Lipinski definition) is 4. The van der Waals surface area contributed by atoms with Crippen LogP contribution in [0.15, 0.2) is 0 Å². The van der Waals surface area contributed by atoms with E-state index in [-0.39, 0.29) is 0 Å². The van der Waals surface area contributed by atoms with Crippen LogP contribution in [0.4, 0.5) is 0 Å². The minimum absolute atomic E-state index is 0.448. The highest BCUT2D eigenvalue weighted by molar-refractivity contribution is 4.93. The molecule has 4 heterocycles. The van der Waals surface area contributed by atoms with Crippen molar-refractivity contribution in [3.8, 4) is 0 Å². The Labute approximate surface area is 397 Å². The molecule has 4 saturated heterocycles. The predicted molar refractivity (Wildman–Crippen MR) is 277 cm³/mol. The van der Waals surface area contributed by atoms with E-state index < -0.39 is 0 Å². The largest absolute Gasteiger partial charge is 0.374 e. The zero-order valence-corrected chi connectivity index (χ0v) is 47.9. The molecule has 0 spiro atoms. The van der Waals surface area contributed by atoms with Crippen LogP contribution in [0.1, 0.15) is 213 Å². The van der Waals surface area contributed by atoms with Gasteiger partial charge in [0.1, 0.15) is 0 Å². The van der Waals surface area contributed by atoms with Crippen LogP contribution >= 0.6 is 0 Å². The molecule has 0 aromatic rings. The standard InChI is InChI=1S/3C15H30O.C14H28O/c1-8-13-11(6)14(9(2)3)12(7)15(16-13)10(4)5;1-8-13-14(9(2)3)11(6)12(7)15(16-13)10(4)5;1-8-13-11(6)12(7)14(9(2)3)15(16-13)10(4)5;1-8(2)13-11(6)10(5)12(7)14(15-13)9(3)4/h3*9-15H,8H2,1-7H3;8-14H,1-7H3. The Morgan fingerprint density at radius 1 is 0.238 bits per heavy atom. The van der Waals surface area contributed by atoms with Crippen molar-refractivity contribution in [3.63, 3.8) is 0 Å². The van der Waals surface area contributed by atoms with Crippen molar-refractivity contribution < 1.29 is 18.9 Å². The fourth-order valence-corrected chi connectivity index (χ4v) is 13.9. The molecule has 4 aliphatic heterocycles. The number of rotatable bonds is 11. The Hall–Kier alpha value is -0.160. The maximum atomic E-state index is 6.35. The molecule has 4 rings (SSSR count). The van der Waals surface area contributed by atoms with Gasteiger partial charge in [-0.15, -0.1) is 0 Å². The van der Waals surface area contributed by atoms with E-state index in [0.29, 0.717) is 114 Å². The van der Waals surface area contributed by atoms with E-state index in [2.05, 4.69) is 194 Å². The molecule has 0 N–H and O–H groups in total. The van der Waals surface area contributed by atoms with Gasteiger partial charge in [0.05, 0.1) is 48.8 Å². The summed E-state index contributed by atoms with van der Waals surface area (Å²) in [5.41, 5.74) is 0. The summed E-state index contributed by atoms with van der Waals surface area (Å²) in [4.78, 5) is 0. The second-order valence-electron chi connectivity index (χ2n) is 25.1. The van der Waals surface area contributed by atoms with Crippen molar-refractivity contribution in [2.24, 2.45) is 118 Å². The minimum Gasteiger partial charge on any atom is -0.374 e. The van der Waals surface area contributed by atoms with Crippen LogP contribution in [0.3, 0.4) is 0 Å². The third-order valence-corrected chi connectivity index (χ3v) is 17.9. The van der Waals surface area contributed by atoms with Crippen LogP contribution in [0.5, 0.6) is 0 Å². The fraction of sp³-hybridized carbons (Fsp3) is 1.00. The zero-order chi connectivity index (χ0) is 49.1. The molecule has 63 heavy (non-hydrogen) atoms. The number of hydrogen-bond donors (Lipinski definition) is 0. The van der Waals surface area contributed by atoms with Gasteiger partial charge in [-0.25, -0.2) is 0 Å². The first kappa shape index (κ1) is 60.9. The summed E-state index contributed by atoms with van der Waals surface area (Å²) >= 11 is 0. The first-order valence-electron chi connectivity index (χ1n) is 27.7. The van der Waals surface area contributed by atoms with Crippen LogP contribution in [-0.2, 0) is 18.9 Å². The smallest absolute Gasteiger partial charge is 0.0635 e. The number of ether oxygens (including phenoxy) is 4. The van der Waals surface area contributed by atoms with E-state index in [4.69, 9.17) is 18.9 Å². The van der Waals surface area contributed by atoms with Gasteiger partial charge < -0.3 is 18.9 Å². The van der Waals surface area contributed by atoms with E-state index in [1.54, 1.807) is 0 Å². The molecule has 4 heteroatoms. The summed E-state index contributed by atoms with van der Waals surface area (Å²) in [5.74, 6) is 14.2. The molecule has 0 aromatic carbocycles. The van der Waals surface area contributed by atoms with Gasteiger partial charge in [-0.05, 0) is 138 Å². The summed E-state index contributed by atoms with van der Waals surface area (Å²) in [6, 6.07) is 0. The van der Waals surface area contributed by atoms with Crippen molar-refractivity contribution >= 4 is 0 Å². The maximum absolute atomic E-state index is 6.35. The lowest BCUT2D eigenvalue weighted by molar-refractivity contribution is -0.165. The van der Waals surface area contributed by atoms with Gasteiger partial charge in [0.2, 0.25) is 0 Å². The monoisotopic (exact) mass is 891 g/mol. The Morgan fingerprint density at radius 2 is 0.524 bits per heavy atom. The van der Waals surface area contributed by atoms with Crippen LogP contribution in [-0.4, -0.2) is 48.8 Å². The van der Waals surface area contributed by atoms with E-state index in [1.807, 2.05) is 0 Å². The first-order valence-corrected chi connectivity index (χ1v) is 27.7. The fourth-order valence-electron chi connectivity index (χ4n) is 13.9. The highest BCUT2D eigenvalue weighted by atomic mass is 16.5. The molecule has 0 aromatic heterocycles. The lowest BCUT2D eigenvalue weighted by Gasteiger charge is -2.48. The summed E-state index contributed by atoms with van der Waals surface area (Å²) in [6.45, 7) is 65.2. The molecular weight excluding hydrogens is 773 g/mol. The Balaban J connectivity index is 0.000000420. The van der Waals surface area contributed by atoms with Crippen molar-refractivity contribution in [1.82, 2.24) is 0 Å². The molecule has 4 fully saturated rings. The molecule has 0 saturated carbocycles. The summed E-state index contributed by atoms with van der Waals surface area (Å²) in [6.07, 6.45) is 7.13. The van der Waals surface area contributed by atoms with Crippen LogP contribution in [0.2, 0.25) is 0 Å². The zero-order valence-electron chi connectivity index (χ0n) is 47.9. The molecule has 0 radical (unpaired) electrons. The van der Waals surface area contributed by atoms with Crippen molar-refractivity contribution in [2.75, 3.05) is 0 Å². The summed E-state index contributed by atoms with van der Waals surface area (Å²) < 4.78 is 25.3. The molecule has 0 bridgehead atoms. The van der Waals surface area contributed by atoms with E-state index in [1.165, 1.54) is 0 Å². The molecule has 0 amide bonds. The molecular formula is C59H118O4. The van der Waals surface area contributed by atoms with Crippen LogP contribution in [0.25, 0.3) is 0 Å². The first-order chi connectivity index (χ1) is 29.0. The van der Waals surface area contributed by atoms with Gasteiger partial charge in [0.15, 0.2) is 0 Å². The van der Waals surface area contributed by atoms with Gasteiger partial charge >= 0.3 is 0 Å². The quantitative estimate of drug-likeness (QED) is 0.207. The average Bonchev–Trinajstić information content (AvgIpc) is 3.18. The Morgan fingerprint density at radius 3 is 0.873 bits per heavy atom. The van der Waals surface area contributed by atoms with Gasteiger partial charge in [-0.1, -0.05) is 194 Å². The predicted octanol–water partition coefficient (Wildman–Crippen LogP) is 17.1. The normalized spacial score (nSPS) is 41.1. The lowest BCUT2D eigenvalue weighted by Crippen LogP contribution is -2.49. The van der Waals surface area contributed by atoms with E-state index in [0.717, 1.165) is 72.5 Å². The van der Waals surface area contributed by atoms with E-state index in [9.17, 15) is 0 Å². The van der Waals surface area contributed by atoms with Crippen molar-refractivity contribution in [3.05, 3.63) is 0 Å². The van der Waals surface area contributed by atoms with Crippen molar-refractivity contribution in [1.29, 1.82) is 0 Å². The second kappa shape index (κ2) is 27.7. The molecule has 19 unspecified atom stereocenters. The van der Waals surface area contributed by atoms with Gasteiger partial charge in [0, 0.05) is 0 Å². The maximum Gasteiger partial charge on any atom is 0.0635 e. The Kier molecular flexibility index (Phi) is 26.8. The highest BCUT2D eigenvalue weighted by Gasteiger charge is 2.46. The van der Waals surface area contributed by atoms with Crippen molar-refractivity contribution in [2.45, 2.75) is 262 Å². The third kappa shape index (κ3) is 15.9. The molecule has 4 nitrogen and oxygen atoms in total. The highest BCUT2D eigenvalue weighted by Crippen LogP contribution is 2.45. The Bertz CT molecular complexity index is 1170. The molecule has 378 valence electrons. The summed E-state index contributed by atoms with van der Waals surface area (Å²) in [5, 5.41) is 0. The molecule has 0 aliphatic carbocycles. The van der Waals surface area contributed by atoms with Crippen LogP contribution < -0.4 is 0 Å².